The van der Waals surface area contributed by atoms with Crippen molar-refractivity contribution in [2.75, 3.05) is 11.1 Å². The van der Waals surface area contributed by atoms with E-state index in [9.17, 15) is 9.59 Å². The van der Waals surface area contributed by atoms with Crippen LogP contribution in [0.5, 0.6) is 0 Å². The summed E-state index contributed by atoms with van der Waals surface area (Å²) in [5.74, 6) is 0.887. The summed E-state index contributed by atoms with van der Waals surface area (Å²) in [6.45, 7) is 1.50. The van der Waals surface area contributed by atoms with Gasteiger partial charge < -0.3 is 5.32 Å². The van der Waals surface area contributed by atoms with Crippen LogP contribution in [0.25, 0.3) is 0 Å². The predicted molar refractivity (Wildman–Crippen MR) is 92.7 cm³/mol. The largest absolute Gasteiger partial charge is 0.325 e. The molecule has 0 heterocycles. The Morgan fingerprint density at radius 2 is 1.91 bits per heavy atom. The number of hydrogen-bond donors (Lipinski definition) is 1. The van der Waals surface area contributed by atoms with Gasteiger partial charge in [0, 0.05) is 22.0 Å². The second-order valence-corrected chi connectivity index (χ2v) is 6.16. The Bertz CT molecular complexity index is 688. The van der Waals surface area contributed by atoms with E-state index in [-0.39, 0.29) is 11.7 Å². The minimum absolute atomic E-state index is 0.0239. The zero-order valence-corrected chi connectivity index (χ0v) is 13.7. The minimum atomic E-state index is -0.0993. The Balaban J connectivity index is 1.84. The van der Waals surface area contributed by atoms with Crippen molar-refractivity contribution in [3.05, 3.63) is 64.7 Å². The van der Waals surface area contributed by atoms with Crippen LogP contribution < -0.4 is 5.32 Å². The first-order chi connectivity index (χ1) is 10.6. The molecule has 0 bridgehead atoms. The van der Waals surface area contributed by atoms with Crippen molar-refractivity contribution >= 4 is 40.7 Å². The number of carbonyl (C=O) groups is 2. The molecule has 0 aromatic heterocycles. The van der Waals surface area contributed by atoms with Crippen molar-refractivity contribution in [2.45, 2.75) is 12.7 Å². The van der Waals surface area contributed by atoms with Gasteiger partial charge in [-0.3, -0.25) is 9.59 Å². The molecule has 0 atom stereocenters. The van der Waals surface area contributed by atoms with E-state index in [0.717, 1.165) is 5.56 Å². The van der Waals surface area contributed by atoms with E-state index in [1.165, 1.54) is 18.7 Å². The highest BCUT2D eigenvalue weighted by atomic mass is 35.5. The van der Waals surface area contributed by atoms with Crippen LogP contribution in [0.3, 0.4) is 0 Å². The molecule has 2 rings (SSSR count). The first kappa shape index (κ1) is 16.6. The van der Waals surface area contributed by atoms with Crippen LogP contribution in [-0.2, 0) is 10.5 Å². The van der Waals surface area contributed by atoms with Crippen LogP contribution in [0.15, 0.2) is 48.5 Å². The van der Waals surface area contributed by atoms with E-state index in [4.69, 9.17) is 11.6 Å². The molecule has 22 heavy (non-hydrogen) atoms. The van der Waals surface area contributed by atoms with Gasteiger partial charge >= 0.3 is 0 Å². The number of amides is 1. The molecule has 1 amide bonds. The fourth-order valence-corrected chi connectivity index (χ4v) is 3.00. The number of rotatable bonds is 6. The lowest BCUT2D eigenvalue weighted by Crippen LogP contribution is -2.14. The summed E-state index contributed by atoms with van der Waals surface area (Å²) in [6.07, 6.45) is 0. The number of benzene rings is 2. The Labute approximate surface area is 139 Å². The number of hydrogen-bond acceptors (Lipinski definition) is 3. The topological polar surface area (TPSA) is 46.2 Å². The van der Waals surface area contributed by atoms with Crippen molar-refractivity contribution in [2.24, 2.45) is 0 Å². The third kappa shape index (κ3) is 4.90. The van der Waals surface area contributed by atoms with Gasteiger partial charge in [0.15, 0.2) is 5.78 Å². The molecule has 3 nitrogen and oxygen atoms in total. The maximum Gasteiger partial charge on any atom is 0.234 e. The van der Waals surface area contributed by atoms with Crippen molar-refractivity contribution in [3.63, 3.8) is 0 Å². The van der Waals surface area contributed by atoms with Crippen molar-refractivity contribution in [3.8, 4) is 0 Å². The van der Waals surface area contributed by atoms with Crippen LogP contribution in [0.1, 0.15) is 22.8 Å². The molecule has 2 aromatic rings. The Hall–Kier alpha value is -1.78. The van der Waals surface area contributed by atoms with Gasteiger partial charge in [0.05, 0.1) is 5.75 Å². The van der Waals surface area contributed by atoms with Crippen molar-refractivity contribution < 1.29 is 9.59 Å². The van der Waals surface area contributed by atoms with Crippen molar-refractivity contribution in [1.29, 1.82) is 0 Å². The van der Waals surface area contributed by atoms with Gasteiger partial charge in [-0.05, 0) is 30.7 Å². The lowest BCUT2D eigenvalue weighted by molar-refractivity contribution is -0.113. The van der Waals surface area contributed by atoms with Crippen LogP contribution in [0.2, 0.25) is 5.02 Å². The average molecular weight is 334 g/mol. The molecular formula is C17H16ClNO2S. The highest BCUT2D eigenvalue weighted by Gasteiger charge is 2.06. The number of thioether (sulfide) groups is 1. The molecule has 0 aliphatic heterocycles. The van der Waals surface area contributed by atoms with E-state index in [2.05, 4.69) is 5.32 Å². The second-order valence-electron chi connectivity index (χ2n) is 4.77. The quantitative estimate of drug-likeness (QED) is 0.796. The smallest absolute Gasteiger partial charge is 0.234 e. The normalized spacial score (nSPS) is 10.3. The summed E-state index contributed by atoms with van der Waals surface area (Å²) in [6, 6.07) is 14.5. The zero-order valence-electron chi connectivity index (χ0n) is 12.1. The van der Waals surface area contributed by atoms with Crippen LogP contribution in [-0.4, -0.2) is 17.4 Å². The molecule has 0 saturated heterocycles. The summed E-state index contributed by atoms with van der Waals surface area (Å²) in [4.78, 5) is 23.2. The number of Topliss-reactive ketones (excluding diaryl/α,β-unsaturated/α-hetero) is 1. The maximum absolute atomic E-state index is 11.9. The lowest BCUT2D eigenvalue weighted by Gasteiger charge is -2.07. The molecule has 0 radical (unpaired) electrons. The van der Waals surface area contributed by atoms with E-state index < -0.39 is 0 Å². The van der Waals surface area contributed by atoms with Gasteiger partial charge in [-0.15, -0.1) is 11.8 Å². The van der Waals surface area contributed by atoms with Gasteiger partial charge in [0.25, 0.3) is 0 Å². The Kier molecular flexibility index (Phi) is 6.04. The number of nitrogens with one attached hydrogen (secondary N) is 1. The summed E-state index contributed by atoms with van der Waals surface area (Å²) in [5, 5.41) is 3.51. The second kappa shape index (κ2) is 8.01. The lowest BCUT2D eigenvalue weighted by atomic mass is 10.1. The molecule has 114 valence electrons. The van der Waals surface area contributed by atoms with E-state index in [1.807, 2.05) is 24.3 Å². The number of carbonyl (C=O) groups excluding carboxylic acids is 2. The number of halogens is 1. The van der Waals surface area contributed by atoms with Gasteiger partial charge in [-0.25, -0.2) is 0 Å². The first-order valence-corrected chi connectivity index (χ1v) is 8.31. The molecule has 0 unspecified atom stereocenters. The first-order valence-electron chi connectivity index (χ1n) is 6.78. The monoisotopic (exact) mass is 333 g/mol. The molecule has 0 fully saturated rings. The van der Waals surface area contributed by atoms with E-state index >= 15 is 0 Å². The summed E-state index contributed by atoms with van der Waals surface area (Å²) < 4.78 is 0. The maximum atomic E-state index is 11.9. The number of ketones is 1. The van der Waals surface area contributed by atoms with Crippen molar-refractivity contribution in [1.82, 2.24) is 0 Å². The van der Waals surface area contributed by atoms with Gasteiger partial charge in [-0.2, -0.15) is 0 Å². The van der Waals surface area contributed by atoms with Gasteiger partial charge in [-0.1, -0.05) is 41.9 Å². The summed E-state index contributed by atoms with van der Waals surface area (Å²) in [7, 11) is 0. The summed E-state index contributed by atoms with van der Waals surface area (Å²) >= 11 is 7.57. The molecule has 5 heteroatoms. The van der Waals surface area contributed by atoms with Crippen LogP contribution in [0, 0.1) is 0 Å². The fourth-order valence-electron chi connectivity index (χ4n) is 1.88. The highest BCUT2D eigenvalue weighted by molar-refractivity contribution is 7.99. The summed E-state index contributed by atoms with van der Waals surface area (Å²) in [5.41, 5.74) is 2.23. The van der Waals surface area contributed by atoms with E-state index in [1.54, 1.807) is 24.3 Å². The highest BCUT2D eigenvalue weighted by Crippen LogP contribution is 2.21. The minimum Gasteiger partial charge on any atom is -0.325 e. The van der Waals surface area contributed by atoms with Crippen LogP contribution in [0.4, 0.5) is 5.69 Å². The Morgan fingerprint density at radius 1 is 1.14 bits per heavy atom. The molecule has 1 N–H and O–H groups in total. The van der Waals surface area contributed by atoms with Gasteiger partial charge in [0.2, 0.25) is 5.91 Å². The third-order valence-electron chi connectivity index (χ3n) is 3.00. The molecule has 0 aliphatic rings. The molecule has 0 aliphatic carbocycles. The zero-order chi connectivity index (χ0) is 15.9. The predicted octanol–water partition coefficient (Wildman–Crippen LogP) is 4.41. The molecule has 2 aromatic carbocycles. The fraction of sp³-hybridized carbons (Fsp3) is 0.176. The Morgan fingerprint density at radius 3 is 2.64 bits per heavy atom. The molecule has 0 spiro atoms. The standard InChI is InChI=1S/C17H16ClNO2S/c1-12(20)13-6-4-7-15(9-13)19-17(21)11-22-10-14-5-2-3-8-16(14)18/h2-9H,10-11H2,1H3,(H,19,21). The molecular weight excluding hydrogens is 318 g/mol. The third-order valence-corrected chi connectivity index (χ3v) is 4.35. The van der Waals surface area contributed by atoms with Gasteiger partial charge in [0.1, 0.15) is 0 Å². The number of anilines is 1. The van der Waals surface area contributed by atoms with Crippen LogP contribution >= 0.6 is 23.4 Å². The average Bonchev–Trinajstić information content (AvgIpc) is 2.49. The van der Waals surface area contributed by atoms with E-state index in [0.29, 0.717) is 27.8 Å². The molecule has 0 saturated carbocycles. The SMILES string of the molecule is CC(=O)c1cccc(NC(=O)CSCc2ccccc2Cl)c1.